The molecule has 1 N–H and O–H groups in total. The largest absolute Gasteiger partial charge is 0.348 e. The highest BCUT2D eigenvalue weighted by Crippen LogP contribution is 2.15. The zero-order valence-electron chi connectivity index (χ0n) is 11.4. The molecule has 0 atom stereocenters. The Morgan fingerprint density at radius 3 is 2.74 bits per heavy atom. The fourth-order valence-corrected chi connectivity index (χ4v) is 2.06. The van der Waals surface area contributed by atoms with Crippen LogP contribution in [0.4, 0.5) is 10.3 Å². The average molecular weight is 265 g/mol. The van der Waals surface area contributed by atoms with Crippen molar-refractivity contribution in [1.29, 1.82) is 0 Å². The van der Waals surface area contributed by atoms with Crippen LogP contribution in [0.5, 0.6) is 0 Å². The van der Waals surface area contributed by atoms with Crippen molar-refractivity contribution >= 4 is 17.0 Å². The lowest BCUT2D eigenvalue weighted by Gasteiger charge is -2.15. The standard InChI is InChI=1S/C13H18FN4O/c1-4-10(5-2)15-13-16-18(19)12-8-9(14)6-7-11(12)17(13)3/h6-8,10H,4-5H2,1-3H3,(H,15,16,19)/q+1. The monoisotopic (exact) mass is 265 g/mol. The number of benzene rings is 1. The number of nitrogens with one attached hydrogen (secondary N) is 1. The van der Waals surface area contributed by atoms with Crippen LogP contribution in [0.3, 0.4) is 0 Å². The highest BCUT2D eigenvalue weighted by Gasteiger charge is 2.18. The summed E-state index contributed by atoms with van der Waals surface area (Å²) in [5, 5.41) is 7.16. The SMILES string of the molecule is CCC(CC)Nc1n[n+](=O)c2cc(F)ccc2n1C. The van der Waals surface area contributed by atoms with Crippen LogP contribution in [0.15, 0.2) is 18.2 Å². The van der Waals surface area contributed by atoms with Gasteiger partial charge >= 0.3 is 5.52 Å². The average Bonchev–Trinajstić information content (AvgIpc) is 2.41. The van der Waals surface area contributed by atoms with Crippen molar-refractivity contribution < 1.29 is 8.93 Å². The topological polar surface area (TPSA) is 52.8 Å². The maximum absolute atomic E-state index is 13.2. The lowest BCUT2D eigenvalue weighted by atomic mass is 10.2. The summed E-state index contributed by atoms with van der Waals surface area (Å²) in [6, 6.07) is 4.37. The van der Waals surface area contributed by atoms with Gasteiger partial charge in [0.25, 0.3) is 5.95 Å². The molecular weight excluding hydrogens is 247 g/mol. The van der Waals surface area contributed by atoms with Crippen molar-refractivity contribution in [1.82, 2.24) is 9.67 Å². The molecule has 102 valence electrons. The van der Waals surface area contributed by atoms with Crippen molar-refractivity contribution in [3.8, 4) is 0 Å². The fourth-order valence-electron chi connectivity index (χ4n) is 2.06. The van der Waals surface area contributed by atoms with Gasteiger partial charge < -0.3 is 9.88 Å². The van der Waals surface area contributed by atoms with Gasteiger partial charge in [0.2, 0.25) is 0 Å². The first-order valence-corrected chi connectivity index (χ1v) is 6.42. The smallest absolute Gasteiger partial charge is 0.321 e. The summed E-state index contributed by atoms with van der Waals surface area (Å²) in [4.78, 5) is 11.8. The number of hydrogen-bond acceptors (Lipinski definition) is 3. The minimum atomic E-state index is -0.445. The van der Waals surface area contributed by atoms with Gasteiger partial charge in [-0.2, -0.15) is 0 Å². The Hall–Kier alpha value is -1.98. The molecule has 0 saturated heterocycles. The molecule has 1 aromatic carbocycles. The number of anilines is 1. The second-order valence-corrected chi connectivity index (χ2v) is 4.55. The van der Waals surface area contributed by atoms with E-state index in [1.165, 1.54) is 12.1 Å². The van der Waals surface area contributed by atoms with Gasteiger partial charge in [0.1, 0.15) is 11.3 Å². The molecule has 0 bridgehead atoms. The zero-order valence-corrected chi connectivity index (χ0v) is 11.4. The molecule has 0 aliphatic heterocycles. The number of nitrogens with zero attached hydrogens (tertiary/aromatic N) is 3. The number of aryl methyl sites for hydroxylation is 1. The molecule has 2 aromatic rings. The highest BCUT2D eigenvalue weighted by molar-refractivity contribution is 5.72. The summed E-state index contributed by atoms with van der Waals surface area (Å²) < 4.78 is 15.4. The van der Waals surface area contributed by atoms with E-state index in [1.807, 2.05) is 0 Å². The number of aromatic nitrogens is 3. The molecule has 0 aliphatic rings. The van der Waals surface area contributed by atoms with Gasteiger partial charge in [0, 0.05) is 13.1 Å². The van der Waals surface area contributed by atoms with E-state index in [2.05, 4.69) is 24.3 Å². The predicted molar refractivity (Wildman–Crippen MR) is 72.0 cm³/mol. The van der Waals surface area contributed by atoms with Crippen molar-refractivity contribution in [2.45, 2.75) is 32.7 Å². The number of rotatable bonds is 4. The van der Waals surface area contributed by atoms with Gasteiger partial charge in [-0.3, -0.25) is 0 Å². The quantitative estimate of drug-likeness (QED) is 0.862. The molecule has 0 spiro atoms. The van der Waals surface area contributed by atoms with Crippen LogP contribution >= 0.6 is 0 Å². The van der Waals surface area contributed by atoms with Crippen LogP contribution in [0.25, 0.3) is 11.0 Å². The van der Waals surface area contributed by atoms with Gasteiger partial charge in [0.15, 0.2) is 4.54 Å². The first-order valence-electron chi connectivity index (χ1n) is 6.42. The van der Waals surface area contributed by atoms with E-state index in [4.69, 9.17) is 0 Å². The van der Waals surface area contributed by atoms with Crippen molar-refractivity contribution in [3.05, 3.63) is 28.9 Å². The Morgan fingerprint density at radius 1 is 1.42 bits per heavy atom. The second kappa shape index (κ2) is 5.34. The Kier molecular flexibility index (Phi) is 3.78. The Labute approximate surface area is 110 Å². The molecule has 0 unspecified atom stereocenters. The molecule has 5 nitrogen and oxygen atoms in total. The van der Waals surface area contributed by atoms with Crippen LogP contribution < -0.4 is 9.86 Å². The molecule has 0 radical (unpaired) electrons. The van der Waals surface area contributed by atoms with Gasteiger partial charge in [-0.25, -0.2) is 4.39 Å². The maximum atomic E-state index is 13.2. The summed E-state index contributed by atoms with van der Waals surface area (Å²) in [5.74, 6) is 0.0439. The molecule has 19 heavy (non-hydrogen) atoms. The summed E-state index contributed by atoms with van der Waals surface area (Å²) in [6.07, 6.45) is 1.89. The Morgan fingerprint density at radius 2 is 2.11 bits per heavy atom. The van der Waals surface area contributed by atoms with E-state index in [0.717, 1.165) is 12.8 Å². The lowest BCUT2D eigenvalue weighted by Crippen LogP contribution is -2.29. The maximum Gasteiger partial charge on any atom is 0.321 e. The van der Waals surface area contributed by atoms with E-state index in [9.17, 15) is 9.30 Å². The fraction of sp³-hybridized carbons (Fsp3) is 0.462. The van der Waals surface area contributed by atoms with Crippen molar-refractivity contribution in [3.63, 3.8) is 0 Å². The summed E-state index contributed by atoms with van der Waals surface area (Å²) in [7, 11) is 1.80. The molecule has 6 heteroatoms. The second-order valence-electron chi connectivity index (χ2n) is 4.55. The highest BCUT2D eigenvalue weighted by atomic mass is 19.1. The summed E-state index contributed by atoms with van der Waals surface area (Å²) >= 11 is 0. The molecule has 0 amide bonds. The molecular formula is C13H18FN4O+. The van der Waals surface area contributed by atoms with E-state index < -0.39 is 5.82 Å². The molecule has 0 saturated carbocycles. The number of hydrogen-bond donors (Lipinski definition) is 1. The Balaban J connectivity index is 2.56. The lowest BCUT2D eigenvalue weighted by molar-refractivity contribution is -0.535. The van der Waals surface area contributed by atoms with Crippen LogP contribution in [-0.4, -0.2) is 15.7 Å². The molecule has 0 aliphatic carbocycles. The normalized spacial score (nSPS) is 11.2. The molecule has 2 rings (SSSR count). The van der Waals surface area contributed by atoms with Gasteiger partial charge in [-0.15, -0.1) is 0 Å². The van der Waals surface area contributed by atoms with Crippen LogP contribution in [0, 0.1) is 10.7 Å². The van der Waals surface area contributed by atoms with E-state index in [0.29, 0.717) is 16.0 Å². The van der Waals surface area contributed by atoms with Gasteiger partial charge in [-0.1, -0.05) is 13.8 Å². The first-order chi connectivity index (χ1) is 9.06. The van der Waals surface area contributed by atoms with E-state index >= 15 is 0 Å². The molecule has 1 aromatic heterocycles. The zero-order chi connectivity index (χ0) is 14.0. The number of fused-ring (bicyclic) bond motifs is 1. The Bertz CT molecular complexity index is 649. The van der Waals surface area contributed by atoms with Crippen LogP contribution in [-0.2, 0) is 7.05 Å². The van der Waals surface area contributed by atoms with Crippen LogP contribution in [0.1, 0.15) is 26.7 Å². The van der Waals surface area contributed by atoms with E-state index in [-0.39, 0.29) is 11.6 Å². The minimum Gasteiger partial charge on any atom is -0.348 e. The summed E-state index contributed by atoms with van der Waals surface area (Å²) in [5.41, 5.74) is 0.859. The van der Waals surface area contributed by atoms with Crippen molar-refractivity contribution in [2.24, 2.45) is 7.05 Å². The third kappa shape index (κ3) is 2.57. The third-order valence-corrected chi connectivity index (χ3v) is 3.33. The van der Waals surface area contributed by atoms with E-state index in [1.54, 1.807) is 17.7 Å². The van der Waals surface area contributed by atoms with Gasteiger partial charge in [0.05, 0.1) is 16.1 Å². The predicted octanol–water partition coefficient (Wildman–Crippen LogP) is 2.23. The number of halogens is 1. The van der Waals surface area contributed by atoms with Crippen molar-refractivity contribution in [2.75, 3.05) is 5.32 Å². The first kappa shape index (κ1) is 13.5. The third-order valence-electron chi connectivity index (χ3n) is 3.33. The van der Waals surface area contributed by atoms with Crippen LogP contribution in [0.2, 0.25) is 0 Å². The summed E-state index contributed by atoms with van der Waals surface area (Å²) in [6.45, 7) is 4.14. The van der Waals surface area contributed by atoms with Gasteiger partial charge in [-0.05, 0) is 25.0 Å². The molecule has 1 heterocycles. The minimum absolute atomic E-state index is 0.220. The molecule has 0 fully saturated rings.